The molecule has 0 amide bonds. The Balaban J connectivity index is 1.42. The SMILES string of the molecule is Cc1cccnc1-c1cccc(-c2nc(-c3ccc4ccccc4c3)nc(-c3ccc4ccccc4c3)n2)c1. The minimum Gasteiger partial charge on any atom is -0.256 e. The number of pyridine rings is 1. The van der Waals surface area contributed by atoms with Crippen LogP contribution in [0.4, 0.5) is 0 Å². The van der Waals surface area contributed by atoms with Crippen LogP contribution in [-0.2, 0) is 0 Å². The van der Waals surface area contributed by atoms with E-state index in [9.17, 15) is 0 Å². The number of hydrogen-bond donors (Lipinski definition) is 0. The third kappa shape index (κ3) is 4.42. The molecule has 0 fully saturated rings. The molecule has 2 heterocycles. The van der Waals surface area contributed by atoms with Crippen molar-refractivity contribution in [3.05, 3.63) is 133 Å². The van der Waals surface area contributed by atoms with Gasteiger partial charge in [0.15, 0.2) is 17.5 Å². The van der Waals surface area contributed by atoms with E-state index in [1.165, 1.54) is 10.8 Å². The molecule has 0 radical (unpaired) electrons. The standard InChI is InChI=1S/C35H24N4/c1-23-8-7-19-36-32(23)28-13-6-14-29(22-28)33-37-34(30-17-15-24-9-2-4-11-26(24)20-30)39-35(38-33)31-18-16-25-10-3-5-12-27(25)21-31/h2-22H,1H3. The van der Waals surface area contributed by atoms with Gasteiger partial charge >= 0.3 is 0 Å². The first-order chi connectivity index (χ1) is 19.2. The first kappa shape index (κ1) is 22.9. The van der Waals surface area contributed by atoms with Crippen molar-refractivity contribution in [2.24, 2.45) is 0 Å². The number of fused-ring (bicyclic) bond motifs is 2. The molecule has 0 aliphatic rings. The van der Waals surface area contributed by atoms with Crippen LogP contribution in [0.5, 0.6) is 0 Å². The van der Waals surface area contributed by atoms with E-state index in [1.54, 1.807) is 0 Å². The van der Waals surface area contributed by atoms with Crippen LogP contribution in [0.1, 0.15) is 5.56 Å². The van der Waals surface area contributed by atoms with Gasteiger partial charge in [0.2, 0.25) is 0 Å². The molecular weight excluding hydrogens is 476 g/mol. The molecule has 7 rings (SSSR count). The highest BCUT2D eigenvalue weighted by atomic mass is 15.0. The quantitative estimate of drug-likeness (QED) is 0.243. The third-order valence-corrected chi connectivity index (χ3v) is 7.05. The fourth-order valence-corrected chi connectivity index (χ4v) is 5.01. The van der Waals surface area contributed by atoms with E-state index in [0.29, 0.717) is 17.5 Å². The van der Waals surface area contributed by atoms with E-state index >= 15 is 0 Å². The average Bonchev–Trinajstić information content (AvgIpc) is 3.00. The van der Waals surface area contributed by atoms with E-state index in [4.69, 9.17) is 15.0 Å². The Morgan fingerprint density at radius 3 is 1.49 bits per heavy atom. The van der Waals surface area contributed by atoms with Crippen LogP contribution in [0, 0.1) is 6.92 Å². The van der Waals surface area contributed by atoms with Crippen molar-refractivity contribution >= 4 is 21.5 Å². The van der Waals surface area contributed by atoms with Crippen LogP contribution in [-0.4, -0.2) is 19.9 Å². The van der Waals surface area contributed by atoms with Crippen LogP contribution in [0.3, 0.4) is 0 Å². The van der Waals surface area contributed by atoms with Crippen molar-refractivity contribution in [1.82, 2.24) is 19.9 Å². The monoisotopic (exact) mass is 500 g/mol. The molecule has 0 bridgehead atoms. The number of rotatable bonds is 4. The molecule has 0 aliphatic carbocycles. The Kier molecular flexibility index (Phi) is 5.64. The summed E-state index contributed by atoms with van der Waals surface area (Å²) in [7, 11) is 0. The Morgan fingerprint density at radius 1 is 0.410 bits per heavy atom. The molecule has 4 heteroatoms. The molecule has 184 valence electrons. The predicted molar refractivity (Wildman–Crippen MR) is 159 cm³/mol. The Labute approximate surface area is 226 Å². The molecule has 0 N–H and O–H groups in total. The minimum atomic E-state index is 0.631. The summed E-state index contributed by atoms with van der Waals surface area (Å²) >= 11 is 0. The second-order valence-electron chi connectivity index (χ2n) is 9.68. The summed E-state index contributed by atoms with van der Waals surface area (Å²) in [6.45, 7) is 2.08. The van der Waals surface area contributed by atoms with Crippen LogP contribution in [0.2, 0.25) is 0 Å². The molecule has 0 unspecified atom stereocenters. The summed E-state index contributed by atoms with van der Waals surface area (Å²) in [5, 5.41) is 4.67. The molecule has 2 aromatic heterocycles. The molecule has 5 aromatic carbocycles. The number of hydrogen-bond acceptors (Lipinski definition) is 4. The Hall–Kier alpha value is -5.22. The minimum absolute atomic E-state index is 0.631. The summed E-state index contributed by atoms with van der Waals surface area (Å²) in [6.07, 6.45) is 1.83. The molecule has 0 atom stereocenters. The Bertz CT molecular complexity index is 1900. The van der Waals surface area contributed by atoms with Crippen LogP contribution >= 0.6 is 0 Å². The zero-order valence-corrected chi connectivity index (χ0v) is 21.4. The number of aromatic nitrogens is 4. The predicted octanol–water partition coefficient (Wildman–Crippen LogP) is 8.55. The van der Waals surface area contributed by atoms with Crippen molar-refractivity contribution in [2.45, 2.75) is 6.92 Å². The highest BCUT2D eigenvalue weighted by Crippen LogP contribution is 2.30. The van der Waals surface area contributed by atoms with Gasteiger partial charge in [0, 0.05) is 28.5 Å². The molecule has 7 aromatic rings. The van der Waals surface area contributed by atoms with E-state index in [-0.39, 0.29) is 0 Å². The molecule has 0 saturated carbocycles. The van der Waals surface area contributed by atoms with Crippen molar-refractivity contribution in [1.29, 1.82) is 0 Å². The topological polar surface area (TPSA) is 51.6 Å². The van der Waals surface area contributed by atoms with E-state index < -0.39 is 0 Å². The number of aryl methyl sites for hydroxylation is 1. The fourth-order valence-electron chi connectivity index (χ4n) is 5.01. The first-order valence-electron chi connectivity index (χ1n) is 13.0. The molecule has 0 saturated heterocycles. The zero-order chi connectivity index (χ0) is 26.2. The first-order valence-corrected chi connectivity index (χ1v) is 13.0. The second kappa shape index (κ2) is 9.58. The van der Waals surface area contributed by atoms with Crippen molar-refractivity contribution in [2.75, 3.05) is 0 Å². The van der Waals surface area contributed by atoms with Gasteiger partial charge in [-0.25, -0.2) is 15.0 Å². The van der Waals surface area contributed by atoms with Crippen LogP contribution < -0.4 is 0 Å². The lowest BCUT2D eigenvalue weighted by Crippen LogP contribution is -2.00. The van der Waals surface area contributed by atoms with Crippen molar-refractivity contribution in [3.8, 4) is 45.4 Å². The summed E-state index contributed by atoms with van der Waals surface area (Å²) in [6, 6.07) is 41.7. The summed E-state index contributed by atoms with van der Waals surface area (Å²) < 4.78 is 0. The van der Waals surface area contributed by atoms with Gasteiger partial charge in [-0.2, -0.15) is 0 Å². The maximum Gasteiger partial charge on any atom is 0.164 e. The highest BCUT2D eigenvalue weighted by molar-refractivity contribution is 5.88. The van der Waals surface area contributed by atoms with Crippen LogP contribution in [0.15, 0.2) is 128 Å². The van der Waals surface area contributed by atoms with Gasteiger partial charge < -0.3 is 0 Å². The van der Waals surface area contributed by atoms with Gasteiger partial charge in [-0.1, -0.05) is 97.1 Å². The van der Waals surface area contributed by atoms with E-state index in [2.05, 4.69) is 115 Å². The second-order valence-corrected chi connectivity index (χ2v) is 9.68. The van der Waals surface area contributed by atoms with Gasteiger partial charge in [0.1, 0.15) is 0 Å². The largest absolute Gasteiger partial charge is 0.256 e. The maximum absolute atomic E-state index is 4.98. The number of benzene rings is 5. The van der Waals surface area contributed by atoms with Gasteiger partial charge in [-0.05, 0) is 58.3 Å². The molecule has 0 aliphatic heterocycles. The van der Waals surface area contributed by atoms with Gasteiger partial charge in [0.25, 0.3) is 0 Å². The van der Waals surface area contributed by atoms with Crippen molar-refractivity contribution < 1.29 is 0 Å². The highest BCUT2D eigenvalue weighted by Gasteiger charge is 2.14. The lowest BCUT2D eigenvalue weighted by Gasteiger charge is -2.11. The molecule has 0 spiro atoms. The molecule has 4 nitrogen and oxygen atoms in total. The normalized spacial score (nSPS) is 11.2. The van der Waals surface area contributed by atoms with Crippen LogP contribution in [0.25, 0.3) is 67.0 Å². The Morgan fingerprint density at radius 2 is 0.923 bits per heavy atom. The van der Waals surface area contributed by atoms with E-state index in [0.717, 1.165) is 44.3 Å². The summed E-state index contributed by atoms with van der Waals surface area (Å²) in [5.74, 6) is 1.92. The maximum atomic E-state index is 4.98. The fraction of sp³-hybridized carbons (Fsp3) is 0.0286. The average molecular weight is 501 g/mol. The van der Waals surface area contributed by atoms with Gasteiger partial charge in [-0.3, -0.25) is 4.98 Å². The van der Waals surface area contributed by atoms with Gasteiger partial charge in [-0.15, -0.1) is 0 Å². The summed E-state index contributed by atoms with van der Waals surface area (Å²) in [5.41, 5.74) is 5.94. The third-order valence-electron chi connectivity index (χ3n) is 7.05. The van der Waals surface area contributed by atoms with E-state index in [1.807, 2.05) is 24.4 Å². The van der Waals surface area contributed by atoms with Gasteiger partial charge in [0.05, 0.1) is 5.69 Å². The summed E-state index contributed by atoms with van der Waals surface area (Å²) in [4.78, 5) is 19.6. The van der Waals surface area contributed by atoms with Crippen molar-refractivity contribution in [3.63, 3.8) is 0 Å². The number of nitrogens with zero attached hydrogens (tertiary/aromatic N) is 4. The lowest BCUT2D eigenvalue weighted by molar-refractivity contribution is 1.07. The zero-order valence-electron chi connectivity index (χ0n) is 21.4. The molecule has 39 heavy (non-hydrogen) atoms. The smallest absolute Gasteiger partial charge is 0.164 e. The molecular formula is C35H24N4. The lowest BCUT2D eigenvalue weighted by atomic mass is 10.0.